The van der Waals surface area contributed by atoms with Crippen LogP contribution < -0.4 is 4.74 Å². The maximum atomic E-state index is 12.8. The summed E-state index contributed by atoms with van der Waals surface area (Å²) < 4.78 is 37.4. The fourth-order valence-electron chi connectivity index (χ4n) is 2.29. The van der Waals surface area contributed by atoms with Crippen LogP contribution in [0.2, 0.25) is 0 Å². The topological polar surface area (TPSA) is 76.2 Å². The van der Waals surface area contributed by atoms with E-state index in [1.807, 2.05) is 0 Å². The van der Waals surface area contributed by atoms with Crippen molar-refractivity contribution in [2.24, 2.45) is 0 Å². The molecule has 0 atom stereocenters. The molecular formula is C15H22N2O5S. The molecule has 8 heteroatoms. The standard InChI is InChI=1S/C15H22N2O5S/c1-16(2)15(18)11-12-4-5-13(21-3)14(10-12)23(19,20)17-6-8-22-9-7-17/h4-5,10H,6-9,11H2,1-3H3. The van der Waals surface area contributed by atoms with Crippen molar-refractivity contribution in [3.05, 3.63) is 23.8 Å². The summed E-state index contributed by atoms with van der Waals surface area (Å²) in [5, 5.41) is 0. The molecule has 0 N–H and O–H groups in total. The maximum Gasteiger partial charge on any atom is 0.246 e. The molecule has 0 aromatic heterocycles. The summed E-state index contributed by atoms with van der Waals surface area (Å²) >= 11 is 0. The van der Waals surface area contributed by atoms with Crippen LogP contribution in [0, 0.1) is 0 Å². The minimum absolute atomic E-state index is 0.0888. The van der Waals surface area contributed by atoms with Crippen LogP contribution in [0.4, 0.5) is 0 Å². The zero-order valence-corrected chi connectivity index (χ0v) is 14.4. The number of sulfonamides is 1. The molecule has 128 valence electrons. The van der Waals surface area contributed by atoms with Gasteiger partial charge in [0.2, 0.25) is 15.9 Å². The zero-order valence-electron chi connectivity index (χ0n) is 13.6. The van der Waals surface area contributed by atoms with Gasteiger partial charge in [-0.3, -0.25) is 4.79 Å². The summed E-state index contributed by atoms with van der Waals surface area (Å²) in [4.78, 5) is 13.4. The molecule has 1 amide bonds. The number of carbonyl (C=O) groups excluding carboxylic acids is 1. The van der Waals surface area contributed by atoms with Crippen molar-refractivity contribution < 1.29 is 22.7 Å². The number of carbonyl (C=O) groups is 1. The average molecular weight is 342 g/mol. The van der Waals surface area contributed by atoms with Gasteiger partial charge in [0.1, 0.15) is 10.6 Å². The predicted octanol–water partition coefficient (Wildman–Crippen LogP) is 0.347. The fraction of sp³-hybridized carbons (Fsp3) is 0.533. The first-order valence-corrected chi connectivity index (χ1v) is 8.75. The van der Waals surface area contributed by atoms with E-state index in [0.717, 1.165) is 0 Å². The van der Waals surface area contributed by atoms with Crippen molar-refractivity contribution in [1.29, 1.82) is 0 Å². The van der Waals surface area contributed by atoms with Crippen molar-refractivity contribution in [2.45, 2.75) is 11.3 Å². The first kappa shape index (κ1) is 17.7. The van der Waals surface area contributed by atoms with E-state index in [0.29, 0.717) is 31.9 Å². The monoisotopic (exact) mass is 342 g/mol. The highest BCUT2D eigenvalue weighted by molar-refractivity contribution is 7.89. The summed E-state index contributed by atoms with van der Waals surface area (Å²) in [6.45, 7) is 1.37. The van der Waals surface area contributed by atoms with E-state index in [1.54, 1.807) is 26.2 Å². The van der Waals surface area contributed by atoms with Gasteiger partial charge >= 0.3 is 0 Å². The second-order valence-corrected chi connectivity index (χ2v) is 7.37. The van der Waals surface area contributed by atoms with Gasteiger partial charge in [0.05, 0.1) is 26.7 Å². The van der Waals surface area contributed by atoms with Crippen LogP contribution in [0.3, 0.4) is 0 Å². The van der Waals surface area contributed by atoms with Crippen molar-refractivity contribution in [3.8, 4) is 5.75 Å². The van der Waals surface area contributed by atoms with E-state index in [1.165, 1.54) is 22.4 Å². The normalized spacial score (nSPS) is 16.1. The number of morpholine rings is 1. The first-order chi connectivity index (χ1) is 10.9. The fourth-order valence-corrected chi connectivity index (χ4v) is 3.91. The van der Waals surface area contributed by atoms with E-state index in [-0.39, 0.29) is 23.0 Å². The third-order valence-corrected chi connectivity index (χ3v) is 5.59. The molecule has 0 radical (unpaired) electrons. The summed E-state index contributed by atoms with van der Waals surface area (Å²) in [5.74, 6) is 0.183. The Hall–Kier alpha value is -1.64. The van der Waals surface area contributed by atoms with Gasteiger partial charge in [-0.2, -0.15) is 4.31 Å². The predicted molar refractivity (Wildman–Crippen MR) is 85.0 cm³/mol. The van der Waals surface area contributed by atoms with Crippen LogP contribution in [-0.2, 0) is 26.0 Å². The molecule has 1 aromatic rings. The maximum absolute atomic E-state index is 12.8. The Labute approximate surface area is 136 Å². The van der Waals surface area contributed by atoms with E-state index in [2.05, 4.69) is 0 Å². The molecule has 0 unspecified atom stereocenters. The molecule has 1 aliphatic heterocycles. The van der Waals surface area contributed by atoms with Crippen LogP contribution >= 0.6 is 0 Å². The number of hydrogen-bond donors (Lipinski definition) is 0. The Morgan fingerprint density at radius 1 is 1.30 bits per heavy atom. The Kier molecular flexibility index (Phi) is 5.61. The third kappa shape index (κ3) is 4.01. The molecule has 1 aromatic carbocycles. The van der Waals surface area contributed by atoms with Crippen LogP contribution in [0.25, 0.3) is 0 Å². The van der Waals surface area contributed by atoms with E-state index < -0.39 is 10.0 Å². The highest BCUT2D eigenvalue weighted by Crippen LogP contribution is 2.28. The Balaban J connectivity index is 2.36. The molecule has 1 fully saturated rings. The lowest BCUT2D eigenvalue weighted by atomic mass is 10.1. The third-order valence-electron chi connectivity index (χ3n) is 3.67. The van der Waals surface area contributed by atoms with Crippen molar-refractivity contribution >= 4 is 15.9 Å². The van der Waals surface area contributed by atoms with Crippen LogP contribution in [0.5, 0.6) is 5.75 Å². The van der Waals surface area contributed by atoms with Crippen molar-refractivity contribution in [1.82, 2.24) is 9.21 Å². The smallest absolute Gasteiger partial charge is 0.246 e. The molecule has 1 aliphatic rings. The van der Waals surface area contributed by atoms with Gasteiger partial charge in [-0.25, -0.2) is 8.42 Å². The van der Waals surface area contributed by atoms with Gasteiger partial charge in [0.25, 0.3) is 0 Å². The molecular weight excluding hydrogens is 320 g/mol. The van der Waals surface area contributed by atoms with Crippen molar-refractivity contribution in [2.75, 3.05) is 47.5 Å². The van der Waals surface area contributed by atoms with E-state index >= 15 is 0 Å². The highest BCUT2D eigenvalue weighted by atomic mass is 32.2. The van der Waals surface area contributed by atoms with Crippen molar-refractivity contribution in [3.63, 3.8) is 0 Å². The van der Waals surface area contributed by atoms with Gasteiger partial charge in [0.15, 0.2) is 0 Å². The first-order valence-electron chi connectivity index (χ1n) is 7.31. The molecule has 0 aliphatic carbocycles. The lowest BCUT2D eigenvalue weighted by molar-refractivity contribution is -0.127. The van der Waals surface area contributed by atoms with Gasteiger partial charge in [-0.1, -0.05) is 6.07 Å². The van der Waals surface area contributed by atoms with Crippen LogP contribution in [0.15, 0.2) is 23.1 Å². The number of ether oxygens (including phenoxy) is 2. The SMILES string of the molecule is COc1ccc(CC(=O)N(C)C)cc1S(=O)(=O)N1CCOCC1. The number of methoxy groups -OCH3 is 1. The second kappa shape index (κ2) is 7.29. The quantitative estimate of drug-likeness (QED) is 0.772. The van der Waals surface area contributed by atoms with Gasteiger partial charge in [0, 0.05) is 27.2 Å². The number of hydrogen-bond acceptors (Lipinski definition) is 5. The Morgan fingerprint density at radius 2 is 1.96 bits per heavy atom. The lowest BCUT2D eigenvalue weighted by Gasteiger charge is -2.26. The van der Waals surface area contributed by atoms with Crippen LogP contribution in [0.1, 0.15) is 5.56 Å². The average Bonchev–Trinajstić information content (AvgIpc) is 2.55. The van der Waals surface area contributed by atoms with E-state index in [9.17, 15) is 13.2 Å². The number of rotatable bonds is 5. The molecule has 2 rings (SSSR count). The molecule has 7 nitrogen and oxygen atoms in total. The lowest BCUT2D eigenvalue weighted by Crippen LogP contribution is -2.40. The minimum atomic E-state index is -3.68. The largest absolute Gasteiger partial charge is 0.495 e. The number of likely N-dealkylation sites (N-methyl/N-ethyl adjacent to an activating group) is 1. The summed E-state index contributed by atoms with van der Waals surface area (Å²) in [6, 6.07) is 4.81. The second-order valence-electron chi connectivity index (χ2n) is 5.47. The van der Waals surface area contributed by atoms with Crippen LogP contribution in [-0.4, -0.2) is 71.0 Å². The Morgan fingerprint density at radius 3 is 2.52 bits per heavy atom. The summed E-state index contributed by atoms with van der Waals surface area (Å²) in [7, 11) is 1.08. The molecule has 1 heterocycles. The molecule has 23 heavy (non-hydrogen) atoms. The van der Waals surface area contributed by atoms with Gasteiger partial charge in [-0.15, -0.1) is 0 Å². The molecule has 0 spiro atoms. The highest BCUT2D eigenvalue weighted by Gasteiger charge is 2.29. The molecule has 0 bridgehead atoms. The Bertz CT molecular complexity index is 666. The minimum Gasteiger partial charge on any atom is -0.495 e. The summed E-state index contributed by atoms with van der Waals surface area (Å²) in [5.41, 5.74) is 0.635. The molecule has 1 saturated heterocycles. The number of benzene rings is 1. The summed E-state index contributed by atoms with van der Waals surface area (Å²) in [6.07, 6.45) is 0.141. The van der Waals surface area contributed by atoms with Gasteiger partial charge in [-0.05, 0) is 17.7 Å². The number of nitrogens with zero attached hydrogens (tertiary/aromatic N) is 2. The zero-order chi connectivity index (χ0) is 17.0. The van der Waals surface area contributed by atoms with Gasteiger partial charge < -0.3 is 14.4 Å². The number of amides is 1. The van der Waals surface area contributed by atoms with E-state index in [4.69, 9.17) is 9.47 Å². The molecule has 0 saturated carbocycles.